The SMILES string of the molecule is CCO[Si](CCCN(CCC[Si](OCC)(OCC)OCC)C(=S)N[Si](C)(C)C)(OCC)OCC. The van der Waals surface area contributed by atoms with Gasteiger partial charge in [-0.05, 0) is 66.6 Å². The Morgan fingerprint density at radius 2 is 0.912 bits per heavy atom. The normalized spacial score (nSPS) is 12.7. The van der Waals surface area contributed by atoms with E-state index in [0.29, 0.717) is 39.6 Å². The van der Waals surface area contributed by atoms with Gasteiger partial charge in [0.2, 0.25) is 0 Å². The fraction of sp³-hybridized carbons (Fsp3) is 0.955. The van der Waals surface area contributed by atoms with Crippen molar-refractivity contribution in [2.45, 2.75) is 86.1 Å². The number of thiocarbonyl (C=S) groups is 1. The molecule has 0 amide bonds. The number of hydrogen-bond acceptors (Lipinski definition) is 7. The van der Waals surface area contributed by atoms with Crippen molar-refractivity contribution >= 4 is 43.2 Å². The van der Waals surface area contributed by atoms with Crippen LogP contribution in [0.2, 0.25) is 31.7 Å². The molecule has 0 bridgehead atoms. The second-order valence-corrected chi connectivity index (χ2v) is 19.4. The molecule has 0 rings (SSSR count). The molecule has 8 nitrogen and oxygen atoms in total. The van der Waals surface area contributed by atoms with E-state index in [-0.39, 0.29) is 0 Å². The maximum absolute atomic E-state index is 6.03. The van der Waals surface area contributed by atoms with Gasteiger partial charge in [0.1, 0.15) is 8.24 Å². The first-order valence-corrected chi connectivity index (χ1v) is 20.7. The Hall–Kier alpha value is 0.101. The van der Waals surface area contributed by atoms with Gasteiger partial charge in [0.05, 0.1) is 0 Å². The summed E-state index contributed by atoms with van der Waals surface area (Å²) in [6, 6.07) is 1.54. The highest BCUT2D eigenvalue weighted by molar-refractivity contribution is 7.80. The Kier molecular flexibility index (Phi) is 18.4. The molecular formula is C22H52N2O6SSi3. The van der Waals surface area contributed by atoms with Gasteiger partial charge >= 0.3 is 17.6 Å². The van der Waals surface area contributed by atoms with Gasteiger partial charge in [0.15, 0.2) is 5.11 Å². The molecule has 34 heavy (non-hydrogen) atoms. The fourth-order valence-corrected chi connectivity index (χ4v) is 10.8. The average molecular weight is 557 g/mol. The maximum Gasteiger partial charge on any atom is 0.500 e. The van der Waals surface area contributed by atoms with E-state index in [9.17, 15) is 0 Å². The van der Waals surface area contributed by atoms with E-state index in [0.717, 1.165) is 43.1 Å². The molecule has 0 aromatic carbocycles. The van der Waals surface area contributed by atoms with Crippen molar-refractivity contribution in [1.29, 1.82) is 0 Å². The van der Waals surface area contributed by atoms with Crippen molar-refractivity contribution in [3.63, 3.8) is 0 Å². The number of nitrogens with one attached hydrogen (secondary N) is 1. The van der Waals surface area contributed by atoms with Crippen LogP contribution >= 0.6 is 12.2 Å². The van der Waals surface area contributed by atoms with E-state index in [4.69, 9.17) is 38.8 Å². The molecule has 0 fully saturated rings. The summed E-state index contributed by atoms with van der Waals surface area (Å²) >= 11 is 5.83. The maximum atomic E-state index is 6.03. The average Bonchev–Trinajstić information content (AvgIpc) is 2.72. The number of rotatable bonds is 21. The van der Waals surface area contributed by atoms with Crippen LogP contribution in [0.4, 0.5) is 0 Å². The van der Waals surface area contributed by atoms with Crippen LogP contribution in [0.3, 0.4) is 0 Å². The lowest BCUT2D eigenvalue weighted by molar-refractivity contribution is 0.0703. The molecule has 0 aliphatic carbocycles. The van der Waals surface area contributed by atoms with E-state index < -0.39 is 25.8 Å². The van der Waals surface area contributed by atoms with Crippen molar-refractivity contribution in [3.8, 4) is 0 Å². The standard InChI is InChI=1S/C22H52N2O6SSi3/c1-10-25-33(26-11-2,27-12-3)20-16-18-24(22(31)23-32(7,8)9)19-17-21-34(28-13-4,29-14-5)30-15-6/h10-21H2,1-9H3,(H,23,31). The van der Waals surface area contributed by atoms with Crippen LogP contribution < -0.4 is 4.98 Å². The summed E-state index contributed by atoms with van der Waals surface area (Å²) < 4.78 is 36.2. The van der Waals surface area contributed by atoms with E-state index in [1.54, 1.807) is 0 Å². The molecule has 12 heteroatoms. The van der Waals surface area contributed by atoms with Gasteiger partial charge in [-0.1, -0.05) is 19.6 Å². The molecule has 0 saturated carbocycles. The van der Waals surface area contributed by atoms with Crippen LogP contribution in [-0.2, 0) is 26.6 Å². The van der Waals surface area contributed by atoms with Crippen molar-refractivity contribution in [2.24, 2.45) is 0 Å². The minimum Gasteiger partial charge on any atom is -0.389 e. The van der Waals surface area contributed by atoms with Crippen LogP contribution in [-0.4, -0.2) is 88.6 Å². The van der Waals surface area contributed by atoms with Crippen molar-refractivity contribution in [1.82, 2.24) is 9.88 Å². The Balaban J connectivity index is 5.32. The molecule has 0 heterocycles. The third-order valence-corrected chi connectivity index (χ3v) is 12.6. The summed E-state index contributed by atoms with van der Waals surface area (Å²) in [5.74, 6) is 0. The minimum atomic E-state index is -2.67. The van der Waals surface area contributed by atoms with Crippen LogP contribution in [0.15, 0.2) is 0 Å². The first kappa shape index (κ1) is 34.1. The second-order valence-electron chi connectivity index (χ2n) is 8.84. The van der Waals surface area contributed by atoms with Crippen molar-refractivity contribution in [2.75, 3.05) is 52.7 Å². The summed E-state index contributed by atoms with van der Waals surface area (Å²) in [6.07, 6.45) is 1.76. The zero-order chi connectivity index (χ0) is 26.1. The molecule has 0 radical (unpaired) electrons. The molecular weight excluding hydrogens is 505 g/mol. The lowest BCUT2D eigenvalue weighted by atomic mass is 10.4. The summed E-state index contributed by atoms with van der Waals surface area (Å²) in [7, 11) is -6.92. The Morgan fingerprint density at radius 1 is 0.618 bits per heavy atom. The first-order valence-electron chi connectivity index (χ1n) is 13.0. The van der Waals surface area contributed by atoms with E-state index in [2.05, 4.69) is 29.5 Å². The van der Waals surface area contributed by atoms with Crippen molar-refractivity contribution < 1.29 is 26.6 Å². The van der Waals surface area contributed by atoms with Gasteiger partial charge in [-0.15, -0.1) is 0 Å². The molecule has 204 valence electrons. The van der Waals surface area contributed by atoms with Gasteiger partial charge in [0.25, 0.3) is 0 Å². The monoisotopic (exact) mass is 556 g/mol. The first-order chi connectivity index (χ1) is 16.1. The number of nitrogens with zero attached hydrogens (tertiary/aromatic N) is 1. The summed E-state index contributed by atoms with van der Waals surface area (Å²) in [5.41, 5.74) is 0. The third kappa shape index (κ3) is 14.0. The molecule has 0 unspecified atom stereocenters. The fourth-order valence-electron chi connectivity index (χ4n) is 3.69. The highest BCUT2D eigenvalue weighted by atomic mass is 32.1. The van der Waals surface area contributed by atoms with E-state index >= 15 is 0 Å². The van der Waals surface area contributed by atoms with Crippen LogP contribution in [0.5, 0.6) is 0 Å². The largest absolute Gasteiger partial charge is 0.500 e. The van der Waals surface area contributed by atoms with Gasteiger partial charge in [0, 0.05) is 64.8 Å². The molecule has 0 spiro atoms. The number of hydrogen-bond donors (Lipinski definition) is 1. The van der Waals surface area contributed by atoms with Gasteiger partial charge in [-0.25, -0.2) is 0 Å². The summed E-state index contributed by atoms with van der Waals surface area (Å²) in [4.78, 5) is 5.86. The van der Waals surface area contributed by atoms with Gasteiger partial charge in [-0.3, -0.25) is 0 Å². The van der Waals surface area contributed by atoms with Crippen molar-refractivity contribution in [3.05, 3.63) is 0 Å². The quantitative estimate of drug-likeness (QED) is 0.157. The molecule has 0 saturated heterocycles. The smallest absolute Gasteiger partial charge is 0.389 e. The Bertz CT molecular complexity index is 477. The molecule has 0 aliphatic heterocycles. The Labute approximate surface area is 218 Å². The highest BCUT2D eigenvalue weighted by Gasteiger charge is 2.41. The van der Waals surface area contributed by atoms with E-state index in [1.165, 1.54) is 0 Å². The topological polar surface area (TPSA) is 70.7 Å². The van der Waals surface area contributed by atoms with Gasteiger partial charge < -0.3 is 36.4 Å². The zero-order valence-electron chi connectivity index (χ0n) is 23.3. The molecule has 0 aliphatic rings. The lowest BCUT2D eigenvalue weighted by Gasteiger charge is -2.33. The lowest BCUT2D eigenvalue weighted by Crippen LogP contribution is -2.53. The minimum absolute atomic E-state index is 0.588. The van der Waals surface area contributed by atoms with Crippen LogP contribution in [0.25, 0.3) is 0 Å². The predicted molar refractivity (Wildman–Crippen MR) is 151 cm³/mol. The van der Waals surface area contributed by atoms with Gasteiger partial charge in [-0.2, -0.15) is 0 Å². The molecule has 0 aromatic heterocycles. The molecule has 0 aromatic rings. The van der Waals surface area contributed by atoms with Crippen LogP contribution in [0, 0.1) is 0 Å². The molecule has 0 atom stereocenters. The van der Waals surface area contributed by atoms with E-state index in [1.807, 2.05) is 41.5 Å². The highest BCUT2D eigenvalue weighted by Crippen LogP contribution is 2.21. The van der Waals surface area contributed by atoms with Crippen LogP contribution in [0.1, 0.15) is 54.4 Å². The second kappa shape index (κ2) is 18.4. The Morgan fingerprint density at radius 3 is 1.15 bits per heavy atom. The zero-order valence-corrected chi connectivity index (χ0v) is 27.1. The summed E-state index contributed by atoms with van der Waals surface area (Å²) in [5, 5.41) is 0.812. The molecule has 1 N–H and O–H groups in total. The summed E-state index contributed by atoms with van der Waals surface area (Å²) in [6.45, 7) is 23.9. The third-order valence-electron chi connectivity index (χ3n) is 4.78. The predicted octanol–water partition coefficient (Wildman–Crippen LogP) is 4.87.